The Morgan fingerprint density at radius 2 is 1.92 bits per heavy atom. The maximum Gasteiger partial charge on any atom is 0.255 e. The van der Waals surface area contributed by atoms with E-state index in [-0.39, 0.29) is 17.9 Å². The Morgan fingerprint density at radius 3 is 2.69 bits per heavy atom. The summed E-state index contributed by atoms with van der Waals surface area (Å²) >= 11 is 0. The third kappa shape index (κ3) is 4.25. The Labute approximate surface area is 153 Å². The summed E-state index contributed by atoms with van der Waals surface area (Å²) in [7, 11) is 0. The van der Waals surface area contributed by atoms with Gasteiger partial charge < -0.3 is 10.2 Å². The molecule has 1 N–H and O–H groups in total. The Hall–Kier alpha value is -2.76. The number of pyridine rings is 2. The first kappa shape index (κ1) is 18.0. The molecule has 1 aliphatic heterocycles. The van der Waals surface area contributed by atoms with Crippen LogP contribution in [0.25, 0.3) is 0 Å². The number of carbonyl (C=O) groups is 2. The molecule has 3 heterocycles. The number of piperidine rings is 1. The molecule has 3 rings (SSSR count). The smallest absolute Gasteiger partial charge is 0.255 e. The van der Waals surface area contributed by atoms with Gasteiger partial charge in [0.15, 0.2) is 0 Å². The first-order chi connectivity index (χ1) is 12.7. The number of amides is 2. The van der Waals surface area contributed by atoms with E-state index >= 15 is 0 Å². The van der Waals surface area contributed by atoms with E-state index in [4.69, 9.17) is 0 Å². The number of carbonyl (C=O) groups excluding carboxylic acids is 2. The average molecular weight is 352 g/mol. The van der Waals surface area contributed by atoms with Gasteiger partial charge in [0, 0.05) is 43.9 Å². The number of nitrogens with one attached hydrogen (secondary N) is 1. The van der Waals surface area contributed by atoms with Crippen molar-refractivity contribution in [1.82, 2.24) is 20.2 Å². The summed E-state index contributed by atoms with van der Waals surface area (Å²) in [5.74, 6) is -0.275. The second-order valence-electron chi connectivity index (χ2n) is 6.56. The molecule has 6 heteroatoms. The third-order valence-electron chi connectivity index (χ3n) is 4.81. The minimum Gasteiger partial charge on any atom is -0.348 e. The van der Waals surface area contributed by atoms with Crippen LogP contribution in [0, 0.1) is 0 Å². The summed E-state index contributed by atoms with van der Waals surface area (Å²) in [5, 5.41) is 2.85. The zero-order chi connectivity index (χ0) is 18.4. The largest absolute Gasteiger partial charge is 0.348 e. The molecule has 0 spiro atoms. The van der Waals surface area contributed by atoms with Gasteiger partial charge >= 0.3 is 0 Å². The Balaban J connectivity index is 1.69. The van der Waals surface area contributed by atoms with Gasteiger partial charge in [-0.1, -0.05) is 6.92 Å². The molecule has 0 radical (unpaired) electrons. The molecule has 1 fully saturated rings. The van der Waals surface area contributed by atoms with Gasteiger partial charge in [0.2, 0.25) is 0 Å². The van der Waals surface area contributed by atoms with Crippen molar-refractivity contribution in [1.29, 1.82) is 0 Å². The first-order valence-corrected chi connectivity index (χ1v) is 9.12. The maximum absolute atomic E-state index is 12.9. The van der Waals surface area contributed by atoms with Crippen LogP contribution in [0.15, 0.2) is 43.0 Å². The molecule has 1 unspecified atom stereocenters. The zero-order valence-corrected chi connectivity index (χ0v) is 15.0. The second kappa shape index (κ2) is 8.56. The van der Waals surface area contributed by atoms with Crippen molar-refractivity contribution in [2.45, 2.75) is 45.2 Å². The number of nitrogens with zero attached hydrogens (tertiary/aromatic N) is 3. The molecule has 1 aliphatic rings. The maximum atomic E-state index is 12.9. The summed E-state index contributed by atoms with van der Waals surface area (Å²) in [6.45, 7) is 3.29. The monoisotopic (exact) mass is 352 g/mol. The Morgan fingerprint density at radius 1 is 1.15 bits per heavy atom. The molecule has 26 heavy (non-hydrogen) atoms. The summed E-state index contributed by atoms with van der Waals surface area (Å²) in [5.41, 5.74) is 1.84. The highest BCUT2D eigenvalue weighted by Gasteiger charge is 2.26. The Bertz CT molecular complexity index is 763. The topological polar surface area (TPSA) is 75.2 Å². The number of rotatable bonds is 5. The van der Waals surface area contributed by atoms with Crippen molar-refractivity contribution in [3.63, 3.8) is 0 Å². The van der Waals surface area contributed by atoms with E-state index < -0.39 is 0 Å². The highest BCUT2D eigenvalue weighted by atomic mass is 16.2. The molecule has 0 bridgehead atoms. The fourth-order valence-corrected chi connectivity index (χ4v) is 3.32. The predicted molar refractivity (Wildman–Crippen MR) is 98.6 cm³/mol. The molecule has 2 aromatic rings. The molecule has 0 aliphatic carbocycles. The van der Waals surface area contributed by atoms with Gasteiger partial charge in [-0.15, -0.1) is 0 Å². The third-order valence-corrected chi connectivity index (χ3v) is 4.81. The minimum absolute atomic E-state index is 0.0344. The van der Waals surface area contributed by atoms with Crippen LogP contribution in [0.2, 0.25) is 0 Å². The Kier molecular flexibility index (Phi) is 5.94. The minimum atomic E-state index is -0.241. The molecule has 0 saturated carbocycles. The highest BCUT2D eigenvalue weighted by Crippen LogP contribution is 2.21. The second-order valence-corrected chi connectivity index (χ2v) is 6.56. The molecule has 0 aromatic carbocycles. The number of hydrogen-bond acceptors (Lipinski definition) is 4. The standard InChI is InChI=1S/C20H24N4O2/c1-2-18-5-3-4-10-24(18)20(26)17-11-16(13-22-14-17)19(25)23-12-15-6-8-21-9-7-15/h6-9,11,13-14,18H,2-5,10,12H2,1H3,(H,23,25). The normalized spacial score (nSPS) is 17.0. The molecule has 2 aromatic heterocycles. The van der Waals surface area contributed by atoms with E-state index in [2.05, 4.69) is 22.2 Å². The SMILES string of the molecule is CCC1CCCCN1C(=O)c1cncc(C(=O)NCc2ccncc2)c1. The van der Waals surface area contributed by atoms with Gasteiger partial charge in [-0.3, -0.25) is 19.6 Å². The van der Waals surface area contributed by atoms with Crippen molar-refractivity contribution in [3.05, 3.63) is 59.7 Å². The van der Waals surface area contributed by atoms with Crippen LogP contribution in [0.4, 0.5) is 0 Å². The van der Waals surface area contributed by atoms with Gasteiger partial charge in [0.05, 0.1) is 11.1 Å². The number of aromatic nitrogens is 2. The van der Waals surface area contributed by atoms with E-state index in [1.807, 2.05) is 17.0 Å². The fourth-order valence-electron chi connectivity index (χ4n) is 3.32. The van der Waals surface area contributed by atoms with Crippen LogP contribution >= 0.6 is 0 Å². The first-order valence-electron chi connectivity index (χ1n) is 9.12. The highest BCUT2D eigenvalue weighted by molar-refractivity contribution is 5.99. The number of hydrogen-bond donors (Lipinski definition) is 1. The lowest BCUT2D eigenvalue weighted by Gasteiger charge is -2.35. The lowest BCUT2D eigenvalue weighted by Crippen LogP contribution is -2.43. The van der Waals surface area contributed by atoms with Gasteiger partial charge in [-0.25, -0.2) is 0 Å². The zero-order valence-electron chi connectivity index (χ0n) is 15.0. The van der Waals surface area contributed by atoms with E-state index in [0.29, 0.717) is 17.7 Å². The number of likely N-dealkylation sites (tertiary alicyclic amines) is 1. The lowest BCUT2D eigenvalue weighted by molar-refractivity contribution is 0.0607. The van der Waals surface area contributed by atoms with Crippen LogP contribution in [0.3, 0.4) is 0 Å². The van der Waals surface area contributed by atoms with Crippen LogP contribution in [-0.4, -0.2) is 39.3 Å². The van der Waals surface area contributed by atoms with Gasteiger partial charge in [-0.2, -0.15) is 0 Å². The molecule has 6 nitrogen and oxygen atoms in total. The molecular weight excluding hydrogens is 328 g/mol. The van der Waals surface area contributed by atoms with Crippen molar-refractivity contribution in [2.24, 2.45) is 0 Å². The molecular formula is C20H24N4O2. The van der Waals surface area contributed by atoms with Crippen molar-refractivity contribution < 1.29 is 9.59 Å². The van der Waals surface area contributed by atoms with E-state index in [9.17, 15) is 9.59 Å². The molecule has 1 saturated heterocycles. The van der Waals surface area contributed by atoms with Crippen LogP contribution in [0.1, 0.15) is 58.9 Å². The summed E-state index contributed by atoms with van der Waals surface area (Å²) in [4.78, 5) is 35.3. The van der Waals surface area contributed by atoms with Crippen molar-refractivity contribution >= 4 is 11.8 Å². The molecule has 1 atom stereocenters. The van der Waals surface area contributed by atoms with Gasteiger partial charge in [0.1, 0.15) is 0 Å². The summed E-state index contributed by atoms with van der Waals surface area (Å²) in [6, 6.07) is 5.61. The van der Waals surface area contributed by atoms with E-state index in [1.54, 1.807) is 24.7 Å². The molecule has 2 amide bonds. The van der Waals surface area contributed by atoms with Crippen LogP contribution < -0.4 is 5.32 Å². The van der Waals surface area contributed by atoms with Gasteiger partial charge in [0.25, 0.3) is 11.8 Å². The summed E-state index contributed by atoms with van der Waals surface area (Å²) in [6.07, 6.45) is 10.6. The average Bonchev–Trinajstić information content (AvgIpc) is 2.72. The van der Waals surface area contributed by atoms with Gasteiger partial charge in [-0.05, 0) is 49.4 Å². The van der Waals surface area contributed by atoms with Crippen molar-refractivity contribution in [2.75, 3.05) is 6.54 Å². The quantitative estimate of drug-likeness (QED) is 0.898. The van der Waals surface area contributed by atoms with Crippen LogP contribution in [-0.2, 0) is 6.54 Å². The summed E-state index contributed by atoms with van der Waals surface area (Å²) < 4.78 is 0. The van der Waals surface area contributed by atoms with E-state index in [1.165, 1.54) is 6.20 Å². The van der Waals surface area contributed by atoms with E-state index in [0.717, 1.165) is 37.8 Å². The molecule has 136 valence electrons. The van der Waals surface area contributed by atoms with Crippen LogP contribution in [0.5, 0.6) is 0 Å². The lowest BCUT2D eigenvalue weighted by atomic mass is 9.99. The van der Waals surface area contributed by atoms with Crippen molar-refractivity contribution in [3.8, 4) is 0 Å². The predicted octanol–water partition coefficient (Wildman–Crippen LogP) is 2.81. The fraction of sp³-hybridized carbons (Fsp3) is 0.400.